The number of hydrogen-bond donors (Lipinski definition) is 2. The van der Waals surface area contributed by atoms with E-state index in [-0.39, 0.29) is 30.5 Å². The fourth-order valence-corrected chi connectivity index (χ4v) is 1.82. The van der Waals surface area contributed by atoms with Crippen LogP contribution in [0.3, 0.4) is 0 Å². The van der Waals surface area contributed by atoms with Gasteiger partial charge >= 0.3 is 6.18 Å². The molecule has 132 valence electrons. The Morgan fingerprint density at radius 2 is 1.91 bits per heavy atom. The Labute approximate surface area is 151 Å². The minimum absolute atomic E-state index is 0. The molecule has 1 aromatic rings. The third-order valence-electron chi connectivity index (χ3n) is 2.77. The molecule has 8 heteroatoms. The monoisotopic (exact) mass is 445 g/mol. The highest BCUT2D eigenvalue weighted by molar-refractivity contribution is 14.0. The summed E-state index contributed by atoms with van der Waals surface area (Å²) in [6.07, 6.45) is -5.06. The zero-order valence-corrected chi connectivity index (χ0v) is 15.6. The van der Waals surface area contributed by atoms with Gasteiger partial charge in [-0.15, -0.1) is 24.0 Å². The number of nitrogens with one attached hydrogen (secondary N) is 2. The van der Waals surface area contributed by atoms with Crippen molar-refractivity contribution in [2.75, 3.05) is 20.2 Å². The third-order valence-corrected chi connectivity index (χ3v) is 2.77. The number of hydrogen-bond acceptors (Lipinski definition) is 2. The molecule has 4 nitrogen and oxygen atoms in total. The van der Waals surface area contributed by atoms with Crippen LogP contribution in [-0.4, -0.2) is 32.3 Å². The summed E-state index contributed by atoms with van der Waals surface area (Å²) in [4.78, 5) is 4.29. The number of nitrogens with zero attached hydrogens (tertiary/aromatic N) is 1. The van der Waals surface area contributed by atoms with Crippen molar-refractivity contribution in [2.45, 2.75) is 32.7 Å². The Morgan fingerprint density at radius 3 is 2.52 bits per heavy atom. The highest BCUT2D eigenvalue weighted by Crippen LogP contribution is 2.18. The molecule has 0 atom stereocenters. The number of halogens is 4. The first-order chi connectivity index (χ1) is 10.4. The lowest BCUT2D eigenvalue weighted by Gasteiger charge is -2.12. The number of guanidine groups is 1. The van der Waals surface area contributed by atoms with Gasteiger partial charge in [-0.2, -0.15) is 13.2 Å². The van der Waals surface area contributed by atoms with Crippen molar-refractivity contribution in [1.82, 2.24) is 10.6 Å². The smallest absolute Gasteiger partial charge is 0.380 e. The molecule has 2 N–H and O–H groups in total. The fraction of sp³-hybridized carbons (Fsp3) is 0.533. The van der Waals surface area contributed by atoms with Gasteiger partial charge in [-0.1, -0.05) is 24.3 Å². The fourth-order valence-electron chi connectivity index (χ4n) is 1.82. The van der Waals surface area contributed by atoms with Crippen molar-refractivity contribution in [3.63, 3.8) is 0 Å². The third kappa shape index (κ3) is 10.4. The van der Waals surface area contributed by atoms with Crippen molar-refractivity contribution in [3.05, 3.63) is 35.4 Å². The second-order valence-electron chi connectivity index (χ2n) is 4.74. The van der Waals surface area contributed by atoms with Crippen LogP contribution in [0.5, 0.6) is 0 Å². The first-order valence-electron chi connectivity index (χ1n) is 7.10. The molecule has 0 aliphatic carbocycles. The Balaban J connectivity index is 0.00000484. The SMILES string of the molecule is CCNC(=NCc1cccc(COC)c1)NCCC(F)(F)F.I. The average Bonchev–Trinajstić information content (AvgIpc) is 2.44. The molecular weight excluding hydrogens is 422 g/mol. The van der Waals surface area contributed by atoms with Gasteiger partial charge in [-0.05, 0) is 18.1 Å². The maximum atomic E-state index is 12.1. The van der Waals surface area contributed by atoms with Gasteiger partial charge in [0.15, 0.2) is 5.96 Å². The lowest BCUT2D eigenvalue weighted by atomic mass is 10.1. The first kappa shape index (κ1) is 22.0. The van der Waals surface area contributed by atoms with Gasteiger partial charge in [-0.3, -0.25) is 0 Å². The maximum Gasteiger partial charge on any atom is 0.390 e. The molecule has 0 bridgehead atoms. The minimum Gasteiger partial charge on any atom is -0.380 e. The quantitative estimate of drug-likeness (QED) is 0.384. The predicted molar refractivity (Wildman–Crippen MR) is 96.1 cm³/mol. The lowest BCUT2D eigenvalue weighted by Crippen LogP contribution is -2.38. The number of aliphatic imine (C=N–C) groups is 1. The molecule has 0 fully saturated rings. The molecule has 1 aromatic carbocycles. The Morgan fingerprint density at radius 1 is 1.22 bits per heavy atom. The van der Waals surface area contributed by atoms with Gasteiger partial charge < -0.3 is 15.4 Å². The normalized spacial score (nSPS) is 11.8. The summed E-state index contributed by atoms with van der Waals surface area (Å²) >= 11 is 0. The first-order valence-corrected chi connectivity index (χ1v) is 7.10. The van der Waals surface area contributed by atoms with Crippen LogP contribution >= 0.6 is 24.0 Å². The van der Waals surface area contributed by atoms with Gasteiger partial charge in [-0.25, -0.2) is 4.99 Å². The van der Waals surface area contributed by atoms with Gasteiger partial charge in [0.25, 0.3) is 0 Å². The molecule has 0 saturated carbocycles. The molecule has 0 aliphatic heterocycles. The van der Waals surface area contributed by atoms with E-state index in [0.29, 0.717) is 25.7 Å². The van der Waals surface area contributed by atoms with Crippen molar-refractivity contribution < 1.29 is 17.9 Å². The number of alkyl halides is 3. The molecule has 0 heterocycles. The molecule has 0 amide bonds. The molecular formula is C15H23F3IN3O. The van der Waals surface area contributed by atoms with Gasteiger partial charge in [0.2, 0.25) is 0 Å². The molecule has 23 heavy (non-hydrogen) atoms. The highest BCUT2D eigenvalue weighted by Gasteiger charge is 2.26. The standard InChI is InChI=1S/C15H22F3N3O.HI/c1-3-19-14(20-8-7-15(16,17)18)21-10-12-5-4-6-13(9-12)11-22-2;/h4-6,9H,3,7-8,10-11H2,1-2H3,(H2,19,20,21);1H. The van der Waals surface area contributed by atoms with E-state index in [2.05, 4.69) is 15.6 Å². The number of ether oxygens (including phenoxy) is 1. The van der Waals surface area contributed by atoms with E-state index in [1.807, 2.05) is 31.2 Å². The number of rotatable bonds is 7. The zero-order valence-electron chi connectivity index (χ0n) is 13.2. The topological polar surface area (TPSA) is 45.7 Å². The highest BCUT2D eigenvalue weighted by atomic mass is 127. The molecule has 0 unspecified atom stereocenters. The largest absolute Gasteiger partial charge is 0.390 e. The van der Waals surface area contributed by atoms with E-state index in [0.717, 1.165) is 11.1 Å². The maximum absolute atomic E-state index is 12.1. The molecule has 0 saturated heterocycles. The minimum atomic E-state index is -4.17. The van der Waals surface area contributed by atoms with E-state index >= 15 is 0 Å². The summed E-state index contributed by atoms with van der Waals surface area (Å²) in [6.45, 7) is 3.15. The van der Waals surface area contributed by atoms with E-state index in [4.69, 9.17) is 4.74 Å². The van der Waals surface area contributed by atoms with E-state index in [1.165, 1.54) is 0 Å². The average molecular weight is 445 g/mol. The summed E-state index contributed by atoms with van der Waals surface area (Å²) in [5.41, 5.74) is 2.01. The molecule has 0 aliphatic rings. The Kier molecular flexibility index (Phi) is 11.0. The zero-order chi connectivity index (χ0) is 16.4. The molecule has 0 spiro atoms. The van der Waals surface area contributed by atoms with Gasteiger partial charge in [0.05, 0.1) is 19.6 Å². The summed E-state index contributed by atoms with van der Waals surface area (Å²) in [5.74, 6) is 0.379. The van der Waals surface area contributed by atoms with E-state index in [9.17, 15) is 13.2 Å². The predicted octanol–water partition coefficient (Wildman–Crippen LogP) is 3.46. The van der Waals surface area contributed by atoms with Crippen LogP contribution in [-0.2, 0) is 17.9 Å². The van der Waals surface area contributed by atoms with Crippen LogP contribution in [0, 0.1) is 0 Å². The van der Waals surface area contributed by atoms with Crippen LogP contribution in [0.15, 0.2) is 29.3 Å². The Bertz CT molecular complexity index is 481. The van der Waals surface area contributed by atoms with Crippen molar-refractivity contribution >= 4 is 29.9 Å². The summed E-state index contributed by atoms with van der Waals surface area (Å²) < 4.78 is 41.5. The van der Waals surface area contributed by atoms with Crippen LogP contribution < -0.4 is 10.6 Å². The van der Waals surface area contributed by atoms with Crippen molar-refractivity contribution in [2.24, 2.45) is 4.99 Å². The second-order valence-corrected chi connectivity index (χ2v) is 4.74. The van der Waals surface area contributed by atoms with Crippen molar-refractivity contribution in [3.8, 4) is 0 Å². The number of benzene rings is 1. The van der Waals surface area contributed by atoms with E-state index < -0.39 is 12.6 Å². The van der Waals surface area contributed by atoms with Crippen LogP contribution in [0.4, 0.5) is 13.2 Å². The molecule has 0 aromatic heterocycles. The van der Waals surface area contributed by atoms with E-state index in [1.54, 1.807) is 7.11 Å². The molecule has 0 radical (unpaired) electrons. The van der Waals surface area contributed by atoms with Crippen LogP contribution in [0.25, 0.3) is 0 Å². The van der Waals surface area contributed by atoms with Gasteiger partial charge in [0.1, 0.15) is 0 Å². The summed E-state index contributed by atoms with van der Waals surface area (Å²) in [7, 11) is 1.62. The van der Waals surface area contributed by atoms with Crippen molar-refractivity contribution in [1.29, 1.82) is 0 Å². The van der Waals surface area contributed by atoms with Gasteiger partial charge in [0, 0.05) is 20.2 Å². The van der Waals surface area contributed by atoms with Crippen LogP contribution in [0.2, 0.25) is 0 Å². The summed E-state index contributed by atoms with van der Waals surface area (Å²) in [6, 6.07) is 7.74. The second kappa shape index (κ2) is 11.5. The Hall–Kier alpha value is -1.03. The lowest BCUT2D eigenvalue weighted by molar-refractivity contribution is -0.132. The van der Waals surface area contributed by atoms with Crippen LogP contribution in [0.1, 0.15) is 24.5 Å². The molecule has 1 rings (SSSR count). The number of methoxy groups -OCH3 is 1. The summed E-state index contributed by atoms with van der Waals surface area (Å²) in [5, 5.41) is 5.61.